The molecule has 8 nitrogen and oxygen atoms in total. The van der Waals surface area contributed by atoms with Crippen LogP contribution < -0.4 is 5.73 Å². The van der Waals surface area contributed by atoms with Crippen LogP contribution in [-0.4, -0.2) is 43.3 Å². The van der Waals surface area contributed by atoms with Crippen molar-refractivity contribution in [1.82, 2.24) is 30.2 Å². The lowest BCUT2D eigenvalue weighted by Gasteiger charge is -2.29. The molecule has 1 aromatic carbocycles. The van der Waals surface area contributed by atoms with Crippen LogP contribution in [0, 0.1) is 0 Å². The number of H-pyrrole nitrogens is 1. The van der Waals surface area contributed by atoms with Crippen LogP contribution in [-0.2, 0) is 13.1 Å². The van der Waals surface area contributed by atoms with Crippen LogP contribution in [0.4, 0.5) is 0 Å². The topological polar surface area (TPSA) is 110 Å². The summed E-state index contributed by atoms with van der Waals surface area (Å²) < 4.78 is 5.05. The van der Waals surface area contributed by atoms with E-state index in [1.807, 2.05) is 30.3 Å². The first-order valence-corrected chi connectivity index (χ1v) is 8.53. The van der Waals surface area contributed by atoms with Gasteiger partial charge < -0.3 is 10.3 Å². The summed E-state index contributed by atoms with van der Waals surface area (Å²) in [6.07, 6.45) is 2.07. The highest BCUT2D eigenvalue weighted by atomic mass is 16.5. The first-order chi connectivity index (χ1) is 12.3. The number of nitrogens with two attached hydrogens (primary N) is 1. The fourth-order valence-corrected chi connectivity index (χ4v) is 3.18. The highest BCUT2D eigenvalue weighted by Gasteiger charge is 2.24. The Balaban J connectivity index is 1.35. The van der Waals surface area contributed by atoms with Crippen LogP contribution >= 0.6 is 0 Å². The molecule has 1 fully saturated rings. The number of benzene rings is 1. The molecule has 3 aromatic rings. The molecule has 2 aromatic heterocycles. The van der Waals surface area contributed by atoms with Gasteiger partial charge in [0, 0.05) is 11.5 Å². The SMILES string of the molecule is NCc1nc(CN2CCC(c3nc(-c4ccccc4)n[nH]3)CC2)no1. The third kappa shape index (κ3) is 3.59. The Bertz CT molecular complexity index is 805. The Morgan fingerprint density at radius 3 is 2.68 bits per heavy atom. The summed E-state index contributed by atoms with van der Waals surface area (Å²) >= 11 is 0. The van der Waals surface area contributed by atoms with Crippen molar-refractivity contribution < 1.29 is 4.52 Å². The third-order valence-electron chi connectivity index (χ3n) is 4.56. The fraction of sp³-hybridized carbons (Fsp3) is 0.412. The highest BCUT2D eigenvalue weighted by molar-refractivity contribution is 5.53. The van der Waals surface area contributed by atoms with Crippen molar-refractivity contribution in [2.75, 3.05) is 13.1 Å². The average molecular weight is 339 g/mol. The molecule has 3 heterocycles. The quantitative estimate of drug-likeness (QED) is 0.728. The second-order valence-corrected chi connectivity index (χ2v) is 6.27. The van der Waals surface area contributed by atoms with Crippen molar-refractivity contribution in [2.24, 2.45) is 5.73 Å². The summed E-state index contributed by atoms with van der Waals surface area (Å²) in [7, 11) is 0. The molecule has 0 saturated carbocycles. The lowest BCUT2D eigenvalue weighted by Crippen LogP contribution is -2.33. The minimum absolute atomic E-state index is 0.282. The molecular weight excluding hydrogens is 318 g/mol. The molecule has 0 amide bonds. The lowest BCUT2D eigenvalue weighted by atomic mass is 9.96. The van der Waals surface area contributed by atoms with Gasteiger partial charge >= 0.3 is 0 Å². The maximum atomic E-state index is 5.50. The van der Waals surface area contributed by atoms with Gasteiger partial charge in [-0.2, -0.15) is 10.1 Å². The van der Waals surface area contributed by atoms with E-state index in [4.69, 9.17) is 10.3 Å². The Kier molecular flexibility index (Phi) is 4.53. The maximum Gasteiger partial charge on any atom is 0.240 e. The molecule has 0 radical (unpaired) electrons. The highest BCUT2D eigenvalue weighted by Crippen LogP contribution is 2.27. The van der Waals surface area contributed by atoms with Gasteiger partial charge in [0.15, 0.2) is 11.6 Å². The van der Waals surface area contributed by atoms with Crippen LogP contribution in [0.25, 0.3) is 11.4 Å². The summed E-state index contributed by atoms with van der Waals surface area (Å²) in [5.41, 5.74) is 6.53. The number of rotatable bonds is 5. The summed E-state index contributed by atoms with van der Waals surface area (Å²) in [6.45, 7) is 2.92. The van der Waals surface area contributed by atoms with Gasteiger partial charge in [0.1, 0.15) is 5.82 Å². The van der Waals surface area contributed by atoms with E-state index >= 15 is 0 Å². The van der Waals surface area contributed by atoms with Crippen molar-refractivity contribution in [1.29, 1.82) is 0 Å². The number of hydrogen-bond acceptors (Lipinski definition) is 7. The first kappa shape index (κ1) is 15.9. The first-order valence-electron chi connectivity index (χ1n) is 8.53. The van der Waals surface area contributed by atoms with Gasteiger partial charge in [-0.05, 0) is 25.9 Å². The van der Waals surface area contributed by atoms with E-state index in [0.29, 0.717) is 24.2 Å². The number of aromatic amines is 1. The molecule has 3 N–H and O–H groups in total. The molecule has 0 unspecified atom stereocenters. The Hall–Kier alpha value is -2.58. The second kappa shape index (κ2) is 7.12. The standard InChI is InChI=1S/C17H21N7O/c18-10-15-19-14(23-25-15)11-24-8-6-13(7-9-24)17-20-16(21-22-17)12-4-2-1-3-5-12/h1-5,13H,6-11,18H2,(H,20,21,22). The van der Waals surface area contributed by atoms with Crippen molar-refractivity contribution in [2.45, 2.75) is 31.8 Å². The Labute approximate surface area is 145 Å². The van der Waals surface area contributed by atoms with Crippen molar-refractivity contribution in [3.63, 3.8) is 0 Å². The van der Waals surface area contributed by atoms with Crippen LogP contribution in [0.15, 0.2) is 34.9 Å². The van der Waals surface area contributed by atoms with E-state index in [-0.39, 0.29) is 6.54 Å². The largest absolute Gasteiger partial charge is 0.338 e. The van der Waals surface area contributed by atoms with Gasteiger partial charge in [0.25, 0.3) is 0 Å². The lowest BCUT2D eigenvalue weighted by molar-refractivity contribution is 0.195. The number of aromatic nitrogens is 5. The molecule has 0 spiro atoms. The molecule has 1 saturated heterocycles. The van der Waals surface area contributed by atoms with E-state index < -0.39 is 0 Å². The predicted molar refractivity (Wildman–Crippen MR) is 91.3 cm³/mol. The zero-order chi connectivity index (χ0) is 17.1. The predicted octanol–water partition coefficient (Wildman–Crippen LogP) is 1.69. The van der Waals surface area contributed by atoms with Crippen LogP contribution in [0.2, 0.25) is 0 Å². The third-order valence-corrected chi connectivity index (χ3v) is 4.56. The maximum absolute atomic E-state index is 5.50. The van der Waals surface area contributed by atoms with Crippen molar-refractivity contribution in [3.05, 3.63) is 47.9 Å². The van der Waals surface area contributed by atoms with Gasteiger partial charge in [-0.15, -0.1) is 0 Å². The van der Waals surface area contributed by atoms with Gasteiger partial charge in [-0.25, -0.2) is 4.98 Å². The van der Waals surface area contributed by atoms with Crippen LogP contribution in [0.1, 0.15) is 36.3 Å². The van der Waals surface area contributed by atoms with Gasteiger partial charge in [0.05, 0.1) is 13.1 Å². The Morgan fingerprint density at radius 1 is 1.16 bits per heavy atom. The molecule has 4 rings (SSSR count). The molecule has 1 aliphatic heterocycles. The molecule has 1 aliphatic rings. The molecule has 25 heavy (non-hydrogen) atoms. The molecule has 0 atom stereocenters. The number of likely N-dealkylation sites (tertiary alicyclic amines) is 1. The summed E-state index contributed by atoms with van der Waals surface area (Å²) in [6, 6.07) is 10.0. The van der Waals surface area contributed by atoms with Gasteiger partial charge in [-0.1, -0.05) is 35.5 Å². The molecule has 0 aliphatic carbocycles. The number of hydrogen-bond donors (Lipinski definition) is 2. The second-order valence-electron chi connectivity index (χ2n) is 6.27. The molecular formula is C17H21N7O. The normalized spacial score (nSPS) is 16.4. The molecule has 0 bridgehead atoms. The smallest absolute Gasteiger partial charge is 0.240 e. The van der Waals surface area contributed by atoms with E-state index in [1.165, 1.54) is 0 Å². The van der Waals surface area contributed by atoms with Gasteiger partial charge in [0.2, 0.25) is 5.89 Å². The van der Waals surface area contributed by atoms with Crippen molar-refractivity contribution >= 4 is 0 Å². The minimum atomic E-state index is 0.282. The summed E-state index contributed by atoms with van der Waals surface area (Å²) in [4.78, 5) is 11.3. The van der Waals surface area contributed by atoms with E-state index in [2.05, 4.69) is 30.2 Å². The average Bonchev–Trinajstić information content (AvgIpc) is 3.33. The number of nitrogens with zero attached hydrogens (tertiary/aromatic N) is 5. The Morgan fingerprint density at radius 2 is 1.96 bits per heavy atom. The monoisotopic (exact) mass is 339 g/mol. The van der Waals surface area contributed by atoms with Crippen LogP contribution in [0.3, 0.4) is 0 Å². The van der Waals surface area contributed by atoms with E-state index in [9.17, 15) is 0 Å². The van der Waals surface area contributed by atoms with E-state index in [1.54, 1.807) is 0 Å². The summed E-state index contributed by atoms with van der Waals surface area (Å²) in [5.74, 6) is 3.33. The van der Waals surface area contributed by atoms with Crippen molar-refractivity contribution in [3.8, 4) is 11.4 Å². The van der Waals surface area contributed by atoms with Crippen LogP contribution in [0.5, 0.6) is 0 Å². The number of nitrogens with one attached hydrogen (secondary N) is 1. The fourth-order valence-electron chi connectivity index (χ4n) is 3.18. The zero-order valence-corrected chi connectivity index (χ0v) is 13.9. The zero-order valence-electron chi connectivity index (χ0n) is 13.9. The molecule has 8 heteroatoms. The van der Waals surface area contributed by atoms with Gasteiger partial charge in [-0.3, -0.25) is 10.00 Å². The minimum Gasteiger partial charge on any atom is -0.338 e. The van der Waals surface area contributed by atoms with E-state index in [0.717, 1.165) is 43.1 Å². The number of piperidine rings is 1. The molecule has 130 valence electrons. The summed E-state index contributed by atoms with van der Waals surface area (Å²) in [5, 5.41) is 11.4.